The second kappa shape index (κ2) is 5.76. The van der Waals surface area contributed by atoms with E-state index in [-0.39, 0.29) is 11.4 Å². The lowest BCUT2D eigenvalue weighted by atomic mass is 9.94. The number of aromatic carboxylic acids is 1. The van der Waals surface area contributed by atoms with E-state index in [1.165, 1.54) is 16.3 Å². The Morgan fingerprint density at radius 1 is 1.27 bits per heavy atom. The highest BCUT2D eigenvalue weighted by Gasteiger charge is 2.23. The number of phenols is 1. The molecular weight excluding hydrogens is 348 g/mol. The van der Waals surface area contributed by atoms with Crippen LogP contribution in [0.1, 0.15) is 40.9 Å². The maximum atomic E-state index is 11.1. The molecule has 1 aromatic carbocycles. The van der Waals surface area contributed by atoms with E-state index in [2.05, 4.69) is 21.0 Å². The second-order valence-electron chi connectivity index (χ2n) is 5.62. The van der Waals surface area contributed by atoms with Crippen molar-refractivity contribution in [3.05, 3.63) is 33.4 Å². The van der Waals surface area contributed by atoms with Gasteiger partial charge in [-0.15, -0.1) is 0 Å². The van der Waals surface area contributed by atoms with E-state index in [1.54, 1.807) is 7.05 Å². The predicted molar refractivity (Wildman–Crippen MR) is 86.2 cm³/mol. The average molecular weight is 365 g/mol. The normalized spacial score (nSPS) is 14.5. The molecule has 0 atom stereocenters. The van der Waals surface area contributed by atoms with Crippen LogP contribution < -0.4 is 0 Å². The number of hydrogen-bond donors (Lipinski definition) is 2. The van der Waals surface area contributed by atoms with Crippen LogP contribution in [0.15, 0.2) is 16.6 Å². The molecule has 0 saturated heterocycles. The first-order valence-electron chi connectivity index (χ1n) is 7.30. The molecule has 6 heteroatoms. The Kier molecular flexibility index (Phi) is 3.95. The molecule has 0 aliphatic heterocycles. The zero-order valence-electron chi connectivity index (χ0n) is 12.3. The van der Waals surface area contributed by atoms with Crippen molar-refractivity contribution in [3.8, 4) is 17.0 Å². The van der Waals surface area contributed by atoms with Crippen molar-refractivity contribution in [1.29, 1.82) is 0 Å². The standard InChI is InChI=1S/C16H17BrN2O3/c1-19-13(8-12(18-19)16(21)22)14-10-6-4-2-3-5-9(10)7-11(17)15(14)20/h7-8,20H,2-6H2,1H3,(H,21,22). The lowest BCUT2D eigenvalue weighted by Gasteiger charge is -2.16. The van der Waals surface area contributed by atoms with Crippen molar-refractivity contribution >= 4 is 21.9 Å². The van der Waals surface area contributed by atoms with Gasteiger partial charge in [0.1, 0.15) is 5.75 Å². The third-order valence-corrected chi connectivity index (χ3v) is 4.79. The Morgan fingerprint density at radius 3 is 2.68 bits per heavy atom. The summed E-state index contributed by atoms with van der Waals surface area (Å²) in [6, 6.07) is 3.50. The van der Waals surface area contributed by atoms with Gasteiger partial charge < -0.3 is 10.2 Å². The number of rotatable bonds is 2. The van der Waals surface area contributed by atoms with Crippen molar-refractivity contribution in [2.24, 2.45) is 7.05 Å². The van der Waals surface area contributed by atoms with E-state index in [0.717, 1.165) is 37.7 Å². The zero-order chi connectivity index (χ0) is 15.9. The molecule has 116 valence electrons. The Hall–Kier alpha value is -1.82. The van der Waals surface area contributed by atoms with Crippen LogP contribution in [0.3, 0.4) is 0 Å². The molecule has 0 fully saturated rings. The van der Waals surface area contributed by atoms with Gasteiger partial charge in [0.25, 0.3) is 0 Å². The summed E-state index contributed by atoms with van der Waals surface area (Å²) in [7, 11) is 1.70. The van der Waals surface area contributed by atoms with Gasteiger partial charge in [-0.3, -0.25) is 4.68 Å². The summed E-state index contributed by atoms with van der Waals surface area (Å²) in [4.78, 5) is 11.1. The third-order valence-electron chi connectivity index (χ3n) is 4.18. The molecular formula is C16H17BrN2O3. The molecule has 0 saturated carbocycles. The molecule has 0 spiro atoms. The van der Waals surface area contributed by atoms with Gasteiger partial charge in [0, 0.05) is 12.6 Å². The lowest BCUT2D eigenvalue weighted by molar-refractivity contribution is 0.0689. The highest BCUT2D eigenvalue weighted by atomic mass is 79.9. The predicted octanol–water partition coefficient (Wildman–Crippen LogP) is 3.52. The van der Waals surface area contributed by atoms with Crippen molar-refractivity contribution in [1.82, 2.24) is 9.78 Å². The number of aryl methyl sites for hydroxylation is 2. The number of benzene rings is 1. The van der Waals surface area contributed by atoms with Crippen LogP contribution in [-0.2, 0) is 19.9 Å². The summed E-state index contributed by atoms with van der Waals surface area (Å²) in [5, 5.41) is 23.7. The van der Waals surface area contributed by atoms with Crippen LogP contribution in [-0.4, -0.2) is 26.0 Å². The van der Waals surface area contributed by atoms with Gasteiger partial charge in [0.2, 0.25) is 0 Å². The smallest absolute Gasteiger partial charge is 0.356 e. The summed E-state index contributed by atoms with van der Waals surface area (Å²) in [6.45, 7) is 0. The summed E-state index contributed by atoms with van der Waals surface area (Å²) < 4.78 is 2.16. The van der Waals surface area contributed by atoms with Gasteiger partial charge in [-0.05, 0) is 64.9 Å². The molecule has 5 nitrogen and oxygen atoms in total. The van der Waals surface area contributed by atoms with Crippen LogP contribution >= 0.6 is 15.9 Å². The van der Waals surface area contributed by atoms with Gasteiger partial charge in [-0.1, -0.05) is 6.42 Å². The van der Waals surface area contributed by atoms with Gasteiger partial charge >= 0.3 is 5.97 Å². The molecule has 1 aromatic heterocycles. The van der Waals surface area contributed by atoms with E-state index < -0.39 is 5.97 Å². The number of hydrogen-bond acceptors (Lipinski definition) is 3. The molecule has 1 aliphatic carbocycles. The van der Waals surface area contributed by atoms with E-state index in [4.69, 9.17) is 5.11 Å². The molecule has 0 radical (unpaired) electrons. The fourth-order valence-electron chi connectivity index (χ4n) is 3.12. The maximum absolute atomic E-state index is 11.1. The Morgan fingerprint density at radius 2 is 2.00 bits per heavy atom. The van der Waals surface area contributed by atoms with Crippen LogP contribution in [0.2, 0.25) is 0 Å². The highest BCUT2D eigenvalue weighted by Crippen LogP contribution is 2.42. The van der Waals surface area contributed by atoms with Crippen LogP contribution in [0.25, 0.3) is 11.3 Å². The van der Waals surface area contributed by atoms with Crippen molar-refractivity contribution in [2.75, 3.05) is 0 Å². The van der Waals surface area contributed by atoms with Gasteiger partial charge in [0.05, 0.1) is 10.2 Å². The SMILES string of the molecule is Cn1nc(C(=O)O)cc1-c1c(O)c(Br)cc2c1CCCCC2. The number of nitrogens with zero attached hydrogens (tertiary/aromatic N) is 2. The molecule has 1 aliphatic rings. The van der Waals surface area contributed by atoms with E-state index in [1.807, 2.05) is 6.07 Å². The quantitative estimate of drug-likeness (QED) is 0.799. The molecule has 0 bridgehead atoms. The van der Waals surface area contributed by atoms with E-state index in [9.17, 15) is 9.90 Å². The van der Waals surface area contributed by atoms with Crippen molar-refractivity contribution in [3.63, 3.8) is 0 Å². The number of fused-ring (bicyclic) bond motifs is 1. The van der Waals surface area contributed by atoms with Crippen molar-refractivity contribution in [2.45, 2.75) is 32.1 Å². The fourth-order valence-corrected chi connectivity index (χ4v) is 3.59. The highest BCUT2D eigenvalue weighted by molar-refractivity contribution is 9.10. The number of carboxylic acid groups (broad SMARTS) is 1. The van der Waals surface area contributed by atoms with Gasteiger partial charge in [-0.2, -0.15) is 5.10 Å². The molecule has 2 N–H and O–H groups in total. The summed E-state index contributed by atoms with van der Waals surface area (Å²) in [5.41, 5.74) is 3.65. The van der Waals surface area contributed by atoms with Gasteiger partial charge in [-0.25, -0.2) is 4.79 Å². The molecule has 1 heterocycles. The third kappa shape index (κ3) is 2.52. The number of aromatic nitrogens is 2. The maximum Gasteiger partial charge on any atom is 0.356 e. The molecule has 22 heavy (non-hydrogen) atoms. The molecule has 0 unspecified atom stereocenters. The minimum atomic E-state index is -1.07. The number of carbonyl (C=O) groups is 1. The monoisotopic (exact) mass is 364 g/mol. The topological polar surface area (TPSA) is 75.4 Å². The van der Waals surface area contributed by atoms with Crippen LogP contribution in [0, 0.1) is 0 Å². The second-order valence-corrected chi connectivity index (χ2v) is 6.48. The number of phenolic OH excluding ortho intramolecular Hbond substituents is 1. The van der Waals surface area contributed by atoms with Crippen molar-refractivity contribution < 1.29 is 15.0 Å². The summed E-state index contributed by atoms with van der Waals surface area (Å²) in [5.74, 6) is -0.914. The summed E-state index contributed by atoms with van der Waals surface area (Å²) in [6.07, 6.45) is 5.24. The Bertz CT molecular complexity index is 752. The molecule has 0 amide bonds. The first-order chi connectivity index (χ1) is 10.5. The molecule has 2 aromatic rings. The number of halogens is 1. The number of aromatic hydroxyl groups is 1. The Labute approximate surface area is 136 Å². The number of carboxylic acids is 1. The fraction of sp³-hybridized carbons (Fsp3) is 0.375. The first kappa shape index (κ1) is 15.1. The largest absolute Gasteiger partial charge is 0.506 e. The molecule has 3 rings (SSSR count). The Balaban J connectivity index is 2.25. The van der Waals surface area contributed by atoms with Crippen LogP contribution in [0.5, 0.6) is 5.75 Å². The zero-order valence-corrected chi connectivity index (χ0v) is 13.9. The summed E-state index contributed by atoms with van der Waals surface area (Å²) >= 11 is 3.41. The van der Waals surface area contributed by atoms with Crippen LogP contribution in [0.4, 0.5) is 0 Å². The average Bonchev–Trinajstić information content (AvgIpc) is 2.70. The van der Waals surface area contributed by atoms with E-state index >= 15 is 0 Å². The minimum absolute atomic E-state index is 0.0146. The van der Waals surface area contributed by atoms with E-state index in [0.29, 0.717) is 15.7 Å². The lowest BCUT2D eigenvalue weighted by Crippen LogP contribution is -2.01. The first-order valence-corrected chi connectivity index (χ1v) is 8.09. The minimum Gasteiger partial charge on any atom is -0.506 e. The van der Waals surface area contributed by atoms with Gasteiger partial charge in [0.15, 0.2) is 5.69 Å².